The van der Waals surface area contributed by atoms with Gasteiger partial charge in [0.1, 0.15) is 0 Å². The van der Waals surface area contributed by atoms with Crippen LogP contribution in [0.5, 0.6) is 0 Å². The molecule has 2 fully saturated rings. The molecule has 0 amide bonds. The minimum absolute atomic E-state index is 0. The van der Waals surface area contributed by atoms with Gasteiger partial charge in [0.15, 0.2) is 0 Å². The van der Waals surface area contributed by atoms with E-state index in [1.54, 1.807) is 0 Å². The number of hydrogen-bond donors (Lipinski definition) is 2. The zero-order valence-corrected chi connectivity index (χ0v) is 17.6. The summed E-state index contributed by atoms with van der Waals surface area (Å²) in [6.07, 6.45) is 5.46. The van der Waals surface area contributed by atoms with E-state index in [-0.39, 0.29) is 24.8 Å². The van der Waals surface area contributed by atoms with Crippen molar-refractivity contribution in [3.63, 3.8) is 0 Å². The van der Waals surface area contributed by atoms with Gasteiger partial charge in [-0.15, -0.1) is 24.8 Å². The topological polar surface area (TPSA) is 38.7 Å². The van der Waals surface area contributed by atoms with E-state index >= 15 is 0 Å². The highest BCUT2D eigenvalue weighted by molar-refractivity contribution is 5.85. The van der Waals surface area contributed by atoms with Gasteiger partial charge in [0, 0.05) is 6.54 Å². The van der Waals surface area contributed by atoms with Crippen molar-refractivity contribution in [2.45, 2.75) is 46.5 Å². The van der Waals surface area contributed by atoms with Gasteiger partial charge >= 0.3 is 0 Å². The number of aliphatic hydroxyl groups is 1. The fourth-order valence-corrected chi connectivity index (χ4v) is 3.78. The second-order valence-corrected chi connectivity index (χ2v) is 6.61. The predicted molar refractivity (Wildman–Crippen MR) is 110 cm³/mol. The Morgan fingerprint density at radius 1 is 0.875 bits per heavy atom. The second-order valence-electron chi connectivity index (χ2n) is 6.61. The molecule has 148 valence electrons. The number of aliphatic hydroxyl groups excluding tert-OH is 1. The summed E-state index contributed by atoms with van der Waals surface area (Å²) in [5.74, 6) is 1.93. The minimum atomic E-state index is 0. The molecular weight excluding hydrogens is 345 g/mol. The Morgan fingerprint density at radius 2 is 1.33 bits per heavy atom. The maximum Gasteiger partial charge on any atom is 0.0558 e. The van der Waals surface area contributed by atoms with Crippen LogP contribution in [0, 0.1) is 11.8 Å². The summed E-state index contributed by atoms with van der Waals surface area (Å²) >= 11 is 0. The van der Waals surface area contributed by atoms with Gasteiger partial charge in [0.05, 0.1) is 6.61 Å². The van der Waals surface area contributed by atoms with Crippen molar-refractivity contribution in [1.29, 1.82) is 0 Å². The lowest BCUT2D eigenvalue weighted by Gasteiger charge is -2.37. The number of nitrogens with zero attached hydrogens (tertiary/aromatic N) is 2. The molecule has 0 bridgehead atoms. The largest absolute Gasteiger partial charge is 0.395 e. The van der Waals surface area contributed by atoms with Crippen LogP contribution in [-0.4, -0.2) is 73.9 Å². The molecule has 0 atom stereocenters. The third-order valence-corrected chi connectivity index (χ3v) is 5.44. The Hall–Kier alpha value is 0.420. The van der Waals surface area contributed by atoms with Gasteiger partial charge in [-0.1, -0.05) is 20.8 Å². The van der Waals surface area contributed by atoms with Crippen molar-refractivity contribution < 1.29 is 5.11 Å². The molecule has 4 nitrogen and oxygen atoms in total. The number of nitrogens with one attached hydrogen (secondary N) is 1. The average Bonchev–Trinajstić information content (AvgIpc) is 2.59. The normalized spacial score (nSPS) is 19.9. The van der Waals surface area contributed by atoms with Crippen LogP contribution < -0.4 is 5.32 Å². The van der Waals surface area contributed by atoms with Crippen LogP contribution in [0.15, 0.2) is 0 Å². The molecule has 2 N–H and O–H groups in total. The first-order valence-electron chi connectivity index (χ1n) is 9.51. The number of hydrogen-bond acceptors (Lipinski definition) is 4. The molecule has 0 saturated carbocycles. The van der Waals surface area contributed by atoms with Crippen molar-refractivity contribution in [2.75, 3.05) is 59.0 Å². The smallest absolute Gasteiger partial charge is 0.0558 e. The Bertz CT molecular complexity index is 249. The van der Waals surface area contributed by atoms with E-state index in [4.69, 9.17) is 5.11 Å². The Balaban J connectivity index is 0. The Kier molecular flexibility index (Phi) is 18.7. The number of rotatable bonds is 6. The van der Waals surface area contributed by atoms with Crippen LogP contribution >= 0.6 is 24.8 Å². The molecule has 24 heavy (non-hydrogen) atoms. The number of β-amino-alcohol motifs (C(OH)–C–C–N with tert-alkyl or cyclic N) is 1. The molecule has 0 unspecified atom stereocenters. The van der Waals surface area contributed by atoms with E-state index < -0.39 is 0 Å². The quantitative estimate of drug-likeness (QED) is 0.736. The van der Waals surface area contributed by atoms with E-state index in [2.05, 4.69) is 35.9 Å². The molecular formula is C18H41Cl2N3O. The van der Waals surface area contributed by atoms with Crippen LogP contribution in [0.2, 0.25) is 0 Å². The summed E-state index contributed by atoms with van der Waals surface area (Å²) in [4.78, 5) is 4.78. The maximum atomic E-state index is 8.88. The lowest BCUT2D eigenvalue weighted by Crippen LogP contribution is -2.40. The summed E-state index contributed by atoms with van der Waals surface area (Å²) in [7, 11) is 0. The molecule has 0 spiro atoms. The van der Waals surface area contributed by atoms with E-state index in [0.717, 1.165) is 18.4 Å². The highest BCUT2D eigenvalue weighted by Crippen LogP contribution is 2.30. The summed E-state index contributed by atoms with van der Waals surface area (Å²) in [5, 5.41) is 12.3. The van der Waals surface area contributed by atoms with Gasteiger partial charge in [-0.05, 0) is 83.3 Å². The van der Waals surface area contributed by atoms with Crippen molar-refractivity contribution in [3.8, 4) is 0 Å². The summed E-state index contributed by atoms with van der Waals surface area (Å²) in [6.45, 7) is 16.2. The van der Waals surface area contributed by atoms with Crippen LogP contribution in [0.1, 0.15) is 46.5 Å². The lowest BCUT2D eigenvalue weighted by molar-refractivity contribution is 0.112. The van der Waals surface area contributed by atoms with Crippen molar-refractivity contribution in [1.82, 2.24) is 15.1 Å². The Labute approximate surface area is 162 Å². The van der Waals surface area contributed by atoms with Crippen molar-refractivity contribution in [2.24, 2.45) is 11.8 Å². The fraction of sp³-hybridized carbons (Fsp3) is 1.00. The third kappa shape index (κ3) is 10.4. The first-order valence-corrected chi connectivity index (χ1v) is 9.51. The average molecular weight is 386 g/mol. The number of halogens is 2. The zero-order chi connectivity index (χ0) is 16.2. The monoisotopic (exact) mass is 385 g/mol. The van der Waals surface area contributed by atoms with E-state index in [0.29, 0.717) is 6.61 Å². The van der Waals surface area contributed by atoms with Crippen LogP contribution in [-0.2, 0) is 0 Å². The van der Waals surface area contributed by atoms with E-state index in [1.807, 2.05) is 0 Å². The van der Waals surface area contributed by atoms with Crippen LogP contribution in [0.25, 0.3) is 0 Å². The molecule has 2 aliphatic heterocycles. The molecule has 0 radical (unpaired) electrons. The van der Waals surface area contributed by atoms with Gasteiger partial charge in [-0.25, -0.2) is 0 Å². The van der Waals surface area contributed by atoms with Crippen molar-refractivity contribution >= 4 is 24.8 Å². The molecule has 2 aliphatic rings. The van der Waals surface area contributed by atoms with E-state index in [9.17, 15) is 0 Å². The van der Waals surface area contributed by atoms with Crippen LogP contribution in [0.3, 0.4) is 0 Å². The maximum absolute atomic E-state index is 8.88. The molecule has 0 aliphatic carbocycles. The lowest BCUT2D eigenvalue weighted by atomic mass is 9.79. The third-order valence-electron chi connectivity index (χ3n) is 5.44. The van der Waals surface area contributed by atoms with Crippen LogP contribution in [0.4, 0.5) is 0 Å². The van der Waals surface area contributed by atoms with Crippen molar-refractivity contribution in [3.05, 3.63) is 0 Å². The van der Waals surface area contributed by atoms with Gasteiger partial charge in [-0.3, -0.25) is 0 Å². The molecule has 2 saturated heterocycles. The summed E-state index contributed by atoms with van der Waals surface area (Å²) < 4.78 is 0. The molecule has 0 aromatic carbocycles. The first kappa shape index (κ1) is 26.6. The summed E-state index contributed by atoms with van der Waals surface area (Å²) in [6, 6.07) is 0. The molecule has 2 heterocycles. The standard InChI is InChI=1S/C12H24N2O.C6H15N.2ClH/c15-10-9-14-7-3-12(4-8-14)11-1-5-13-6-2-11;1-4-7(5-2)6-3;;/h11-13,15H,1-10H2;4-6H2,1-3H3;2*1H. The fourth-order valence-electron chi connectivity index (χ4n) is 3.78. The number of likely N-dealkylation sites (tertiary alicyclic amines) is 1. The minimum Gasteiger partial charge on any atom is -0.395 e. The first-order chi connectivity index (χ1) is 10.7. The molecule has 0 aromatic rings. The van der Waals surface area contributed by atoms with E-state index in [1.165, 1.54) is 71.5 Å². The van der Waals surface area contributed by atoms with Gasteiger partial charge in [-0.2, -0.15) is 0 Å². The Morgan fingerprint density at radius 3 is 1.71 bits per heavy atom. The second kappa shape index (κ2) is 16.9. The molecule has 6 heteroatoms. The highest BCUT2D eigenvalue weighted by Gasteiger charge is 2.27. The highest BCUT2D eigenvalue weighted by atomic mass is 35.5. The SMILES string of the molecule is CCN(CC)CC.Cl.Cl.OCCN1CCC(C2CCNCC2)CC1. The van der Waals surface area contributed by atoms with Gasteiger partial charge < -0.3 is 20.2 Å². The molecule has 0 aromatic heterocycles. The molecule has 2 rings (SSSR count). The predicted octanol–water partition coefficient (Wildman–Crippen LogP) is 2.88. The van der Waals surface area contributed by atoms with Gasteiger partial charge in [0.25, 0.3) is 0 Å². The zero-order valence-electron chi connectivity index (χ0n) is 16.0. The number of piperidine rings is 2. The van der Waals surface area contributed by atoms with Gasteiger partial charge in [0.2, 0.25) is 0 Å². The summed E-state index contributed by atoms with van der Waals surface area (Å²) in [5.41, 5.74) is 0.